The minimum atomic E-state index is -1.62. The first-order valence-corrected chi connectivity index (χ1v) is 8.04. The van der Waals surface area contributed by atoms with Gasteiger partial charge in [-0.15, -0.1) is 11.3 Å². The number of hydrogen-bond donors (Lipinski definition) is 5. The van der Waals surface area contributed by atoms with Crippen LogP contribution in [-0.2, 0) is 9.47 Å². The van der Waals surface area contributed by atoms with Crippen LogP contribution in [0.4, 0.5) is 0 Å². The normalized spacial score (nSPS) is 23.4. The number of hydrogen-bond acceptors (Lipinski definition) is 10. The average molecular weight is 368 g/mol. The van der Waals surface area contributed by atoms with E-state index in [0.29, 0.717) is 15.2 Å². The minimum absolute atomic E-state index is 0.0532. The molecule has 10 heteroatoms. The lowest BCUT2D eigenvalue weighted by Gasteiger charge is -2.31. The van der Waals surface area contributed by atoms with Crippen LogP contribution in [0.25, 0.3) is 10.2 Å². The fourth-order valence-corrected chi connectivity index (χ4v) is 3.16. The van der Waals surface area contributed by atoms with Gasteiger partial charge >= 0.3 is 5.95 Å². The second-order valence-electron chi connectivity index (χ2n) is 5.23. The van der Waals surface area contributed by atoms with Crippen molar-refractivity contribution in [2.45, 2.75) is 18.3 Å². The van der Waals surface area contributed by atoms with Crippen LogP contribution in [0.5, 0.6) is 5.75 Å². The van der Waals surface area contributed by atoms with E-state index in [2.05, 4.69) is 4.98 Å². The van der Waals surface area contributed by atoms with Crippen LogP contribution in [-0.4, -0.2) is 63.3 Å². The molecule has 0 spiro atoms. The number of benzene rings is 1. The molecule has 1 aromatic heterocycles. The van der Waals surface area contributed by atoms with E-state index in [4.69, 9.17) is 19.6 Å². The van der Waals surface area contributed by atoms with Crippen molar-refractivity contribution in [1.29, 1.82) is 5.41 Å². The number of ether oxygens (including phenoxy) is 3. The number of aromatic nitrogens is 1. The highest BCUT2D eigenvalue weighted by Gasteiger charge is 2.39. The van der Waals surface area contributed by atoms with Crippen LogP contribution in [0, 0.1) is 5.41 Å². The maximum Gasteiger partial charge on any atom is 0.327 e. The maximum absolute atomic E-state index is 9.89. The van der Waals surface area contributed by atoms with Crippen LogP contribution in [0.1, 0.15) is 5.01 Å². The zero-order valence-corrected chi connectivity index (χ0v) is 13.9. The fourth-order valence-electron chi connectivity index (χ4n) is 2.23. The van der Waals surface area contributed by atoms with Gasteiger partial charge in [0.2, 0.25) is 11.7 Å². The molecule has 0 saturated heterocycles. The number of fused-ring (bicyclic) bond motifs is 1. The molecule has 1 aliphatic heterocycles. The SMILES string of the molecule is COC(=N)c1nc2ccc(OC3=C(O)C(O)[C@@H](O)C(CO)O3)cc2s1. The Morgan fingerprint density at radius 1 is 1.40 bits per heavy atom. The number of aliphatic hydroxyl groups excluding tert-OH is 4. The third-order valence-electron chi connectivity index (χ3n) is 3.60. The van der Waals surface area contributed by atoms with Crippen LogP contribution < -0.4 is 4.74 Å². The lowest BCUT2D eigenvalue weighted by molar-refractivity contribution is -0.133. The second-order valence-corrected chi connectivity index (χ2v) is 6.26. The van der Waals surface area contributed by atoms with Crippen LogP contribution in [0.3, 0.4) is 0 Å². The van der Waals surface area contributed by atoms with Crippen molar-refractivity contribution in [3.63, 3.8) is 0 Å². The van der Waals surface area contributed by atoms with Crippen molar-refractivity contribution in [3.05, 3.63) is 34.9 Å². The summed E-state index contributed by atoms with van der Waals surface area (Å²) in [4.78, 5) is 4.25. The van der Waals surface area contributed by atoms with E-state index >= 15 is 0 Å². The van der Waals surface area contributed by atoms with E-state index in [1.54, 1.807) is 18.2 Å². The number of methoxy groups -OCH3 is 1. The molecular weight excluding hydrogens is 352 g/mol. The predicted molar refractivity (Wildman–Crippen MR) is 87.7 cm³/mol. The number of rotatable bonds is 4. The number of aliphatic hydroxyl groups is 4. The molecule has 1 aromatic carbocycles. The van der Waals surface area contributed by atoms with Crippen LogP contribution >= 0.6 is 11.3 Å². The van der Waals surface area contributed by atoms with Gasteiger partial charge < -0.3 is 34.6 Å². The molecule has 0 saturated carbocycles. The molecule has 134 valence electrons. The van der Waals surface area contributed by atoms with Gasteiger partial charge in [-0.05, 0) is 12.1 Å². The molecule has 9 nitrogen and oxygen atoms in total. The Morgan fingerprint density at radius 2 is 2.16 bits per heavy atom. The van der Waals surface area contributed by atoms with E-state index in [0.717, 1.165) is 0 Å². The zero-order valence-electron chi connectivity index (χ0n) is 13.0. The summed E-state index contributed by atoms with van der Waals surface area (Å²) in [6, 6.07) is 4.84. The van der Waals surface area contributed by atoms with Crippen molar-refractivity contribution in [1.82, 2.24) is 4.98 Å². The molecule has 5 N–H and O–H groups in total. The van der Waals surface area contributed by atoms with Gasteiger partial charge in [-0.2, -0.15) is 0 Å². The second kappa shape index (κ2) is 6.84. The Bertz CT molecular complexity index is 834. The number of thiazole rings is 1. The third kappa shape index (κ3) is 3.24. The molecule has 2 heterocycles. The largest absolute Gasteiger partial charge is 0.504 e. The van der Waals surface area contributed by atoms with Crippen molar-refractivity contribution in [3.8, 4) is 5.75 Å². The van der Waals surface area contributed by atoms with Gasteiger partial charge in [-0.25, -0.2) is 4.98 Å². The lowest BCUT2D eigenvalue weighted by atomic mass is 10.0. The summed E-state index contributed by atoms with van der Waals surface area (Å²) in [5, 5.41) is 46.6. The van der Waals surface area contributed by atoms with E-state index < -0.39 is 36.6 Å². The summed E-state index contributed by atoms with van der Waals surface area (Å²) in [6.45, 7) is -0.561. The Balaban J connectivity index is 1.88. The minimum Gasteiger partial charge on any atom is -0.504 e. The quantitative estimate of drug-likeness (QED) is 0.387. The molecule has 1 aliphatic rings. The van der Waals surface area contributed by atoms with Gasteiger partial charge in [-0.3, -0.25) is 5.41 Å². The first-order valence-electron chi connectivity index (χ1n) is 7.22. The Hall–Kier alpha value is -2.40. The molecule has 3 rings (SSSR count). The highest BCUT2D eigenvalue weighted by atomic mass is 32.1. The third-order valence-corrected chi connectivity index (χ3v) is 4.62. The van der Waals surface area contributed by atoms with Crippen molar-refractivity contribution in [2.24, 2.45) is 0 Å². The maximum atomic E-state index is 9.89. The summed E-state index contributed by atoms with van der Waals surface area (Å²) >= 11 is 1.22. The lowest BCUT2D eigenvalue weighted by Crippen LogP contribution is -2.47. The summed E-state index contributed by atoms with van der Waals surface area (Å²) in [6.07, 6.45) is -4.22. The van der Waals surface area contributed by atoms with E-state index in [-0.39, 0.29) is 11.6 Å². The van der Waals surface area contributed by atoms with Gasteiger partial charge in [0.15, 0.2) is 11.1 Å². The summed E-state index contributed by atoms with van der Waals surface area (Å²) in [5.74, 6) is -0.829. The molecule has 0 amide bonds. The Morgan fingerprint density at radius 3 is 2.84 bits per heavy atom. The first-order chi connectivity index (χ1) is 11.9. The topological polar surface area (TPSA) is 145 Å². The average Bonchev–Trinajstić information content (AvgIpc) is 3.04. The fraction of sp³-hybridized carbons (Fsp3) is 0.333. The van der Waals surface area contributed by atoms with Crippen LogP contribution in [0.15, 0.2) is 29.9 Å². The van der Waals surface area contributed by atoms with Gasteiger partial charge in [0.1, 0.15) is 18.0 Å². The standard InChI is InChI=1S/C15H16N2O7S/c1-22-13(16)14-17-7-3-2-6(4-9(7)25-14)23-15-12(21)11(20)10(19)8(5-18)24-15/h2-4,8,10-11,16,18-21H,5H2,1H3/t8?,10-,11?/m0/s1. The summed E-state index contributed by atoms with van der Waals surface area (Å²) in [7, 11) is 1.38. The molecule has 3 atom stereocenters. The molecule has 2 unspecified atom stereocenters. The predicted octanol–water partition coefficient (Wildman–Crippen LogP) is 0.487. The van der Waals surface area contributed by atoms with Gasteiger partial charge in [-0.1, -0.05) is 0 Å². The number of nitrogens with one attached hydrogen (secondary N) is 1. The van der Waals surface area contributed by atoms with E-state index in [9.17, 15) is 20.4 Å². The zero-order chi connectivity index (χ0) is 18.1. The summed E-state index contributed by atoms with van der Waals surface area (Å²) in [5.41, 5.74) is 0.639. The molecule has 2 aromatic rings. The van der Waals surface area contributed by atoms with Crippen molar-refractivity contribution >= 4 is 27.5 Å². The number of nitrogens with zero attached hydrogens (tertiary/aromatic N) is 1. The monoisotopic (exact) mass is 368 g/mol. The molecule has 0 bridgehead atoms. The molecule has 0 fully saturated rings. The smallest absolute Gasteiger partial charge is 0.327 e. The molecule has 0 radical (unpaired) electrons. The van der Waals surface area contributed by atoms with Crippen LogP contribution in [0.2, 0.25) is 0 Å². The molecular formula is C15H16N2O7S. The van der Waals surface area contributed by atoms with Gasteiger partial charge in [0.25, 0.3) is 0 Å². The van der Waals surface area contributed by atoms with Gasteiger partial charge in [0, 0.05) is 6.07 Å². The Kier molecular flexibility index (Phi) is 4.77. The highest BCUT2D eigenvalue weighted by Crippen LogP contribution is 2.30. The molecule has 0 aliphatic carbocycles. The van der Waals surface area contributed by atoms with Gasteiger partial charge in [0.05, 0.1) is 23.9 Å². The van der Waals surface area contributed by atoms with Crippen molar-refractivity contribution in [2.75, 3.05) is 13.7 Å². The first kappa shape index (κ1) is 17.4. The molecule has 25 heavy (non-hydrogen) atoms. The van der Waals surface area contributed by atoms with E-state index in [1.807, 2.05) is 0 Å². The Labute approximate surface area is 145 Å². The summed E-state index contributed by atoms with van der Waals surface area (Å²) < 4.78 is 16.2. The highest BCUT2D eigenvalue weighted by molar-refractivity contribution is 7.20. The van der Waals surface area contributed by atoms with Crippen molar-refractivity contribution < 1.29 is 34.6 Å². The van der Waals surface area contributed by atoms with E-state index in [1.165, 1.54) is 18.4 Å².